The molecule has 1 aromatic heterocycles. The van der Waals surface area contributed by atoms with E-state index in [-0.39, 0.29) is 0 Å². The van der Waals surface area contributed by atoms with Gasteiger partial charge >= 0.3 is 6.30 Å². The molecule has 0 aliphatic carbocycles. The van der Waals surface area contributed by atoms with Gasteiger partial charge in [0.15, 0.2) is 0 Å². The van der Waals surface area contributed by atoms with Gasteiger partial charge in [-0.05, 0) is 0 Å². The Morgan fingerprint density at radius 1 is 1.33 bits per heavy atom. The lowest BCUT2D eigenvalue weighted by Gasteiger charge is -2.09. The number of alkyl halides is 3. The second kappa shape index (κ2) is 1.67. The van der Waals surface area contributed by atoms with Crippen molar-refractivity contribution in [3.05, 3.63) is 6.33 Å². The molecule has 4 nitrogen and oxygen atoms in total. The maximum Gasteiger partial charge on any atom is 0.475 e. The first kappa shape index (κ1) is 5.99. The first-order valence-corrected chi connectivity index (χ1v) is 1.84. The highest BCUT2D eigenvalue weighted by Gasteiger charge is 2.25. The van der Waals surface area contributed by atoms with E-state index in [1.807, 2.05) is 0 Å². The molecule has 0 aliphatic heterocycles. The highest BCUT2D eigenvalue weighted by molar-refractivity contribution is 4.46. The van der Waals surface area contributed by atoms with Gasteiger partial charge in [0.05, 0.1) is 0 Å². The summed E-state index contributed by atoms with van der Waals surface area (Å²) in [4.78, 5) is 0. The van der Waals surface area contributed by atoms with Gasteiger partial charge in [0.2, 0.25) is 0 Å². The maximum atomic E-state index is 11.4. The Balaban J connectivity index is 2.90. The largest absolute Gasteiger partial charge is 0.475 e. The number of rotatable bonds is 0. The monoisotopic (exact) mass is 137 g/mol. The van der Waals surface area contributed by atoms with Crippen LogP contribution in [0.1, 0.15) is 0 Å². The van der Waals surface area contributed by atoms with Crippen molar-refractivity contribution in [1.82, 2.24) is 20.2 Å². The van der Waals surface area contributed by atoms with E-state index >= 15 is 0 Å². The molecule has 1 rings (SSSR count). The van der Waals surface area contributed by atoms with Crippen LogP contribution in [0.25, 0.3) is 0 Å². The molecule has 9 heavy (non-hydrogen) atoms. The quantitative estimate of drug-likeness (QED) is 0.471. The fourth-order valence-electron chi connectivity index (χ4n) is 0.250. The van der Waals surface area contributed by atoms with Crippen LogP contribution in [0.2, 0.25) is 0 Å². The standard InChI is InChI=1S/C2F3N4/c3-2(4,5)9-1-6-7-8-9/q-1. The van der Waals surface area contributed by atoms with Crippen molar-refractivity contribution in [2.24, 2.45) is 0 Å². The Hall–Kier alpha value is -1.14. The lowest BCUT2D eigenvalue weighted by molar-refractivity contribution is -0.213. The molecule has 0 spiro atoms. The van der Waals surface area contributed by atoms with Crippen molar-refractivity contribution < 1.29 is 13.2 Å². The van der Waals surface area contributed by atoms with Crippen LogP contribution >= 0.6 is 0 Å². The zero-order valence-corrected chi connectivity index (χ0v) is 3.92. The van der Waals surface area contributed by atoms with Crippen molar-refractivity contribution in [3.63, 3.8) is 0 Å². The van der Waals surface area contributed by atoms with Crippen LogP contribution in [0.5, 0.6) is 0 Å². The highest BCUT2D eigenvalue weighted by Crippen LogP contribution is 2.18. The van der Waals surface area contributed by atoms with Crippen LogP contribution in [0.3, 0.4) is 0 Å². The molecule has 1 aromatic rings. The molecular weight excluding hydrogens is 137 g/mol. The number of nitrogens with zero attached hydrogens (tertiary/aromatic N) is 4. The van der Waals surface area contributed by atoms with E-state index in [2.05, 4.69) is 15.5 Å². The van der Waals surface area contributed by atoms with Crippen molar-refractivity contribution in [3.8, 4) is 0 Å². The molecule has 0 bridgehead atoms. The molecule has 0 aliphatic rings. The van der Waals surface area contributed by atoms with Crippen LogP contribution in [0.15, 0.2) is 0 Å². The molecule has 0 saturated carbocycles. The summed E-state index contributed by atoms with van der Waals surface area (Å²) in [5, 5.41) is 7.98. The summed E-state index contributed by atoms with van der Waals surface area (Å²) >= 11 is 0. The molecule has 0 saturated heterocycles. The molecule has 0 unspecified atom stereocenters. The molecular formula is C2F3N4-. The van der Waals surface area contributed by atoms with Gasteiger partial charge < -0.3 is 9.78 Å². The Labute approximate surface area is 47.3 Å². The predicted molar refractivity (Wildman–Crippen MR) is 18.0 cm³/mol. The molecule has 0 N–H and O–H groups in total. The first-order valence-electron chi connectivity index (χ1n) is 1.84. The highest BCUT2D eigenvalue weighted by atomic mass is 19.4. The average molecular weight is 137 g/mol. The Morgan fingerprint density at radius 2 is 2.00 bits per heavy atom. The summed E-state index contributed by atoms with van der Waals surface area (Å²) in [5.41, 5.74) is 0. The molecule has 0 aromatic carbocycles. The van der Waals surface area contributed by atoms with Crippen molar-refractivity contribution in [2.75, 3.05) is 0 Å². The first-order chi connectivity index (χ1) is 4.11. The van der Waals surface area contributed by atoms with Gasteiger partial charge in [-0.25, -0.2) is 6.33 Å². The summed E-state index contributed by atoms with van der Waals surface area (Å²) in [6.45, 7) is 0. The van der Waals surface area contributed by atoms with Crippen LogP contribution in [0, 0.1) is 6.33 Å². The van der Waals surface area contributed by atoms with Gasteiger partial charge in [-0.2, -0.15) is 13.2 Å². The summed E-state index contributed by atoms with van der Waals surface area (Å²) < 4.78 is 33.8. The number of tetrazole rings is 1. The minimum Gasteiger partial charge on any atom is -0.331 e. The van der Waals surface area contributed by atoms with Crippen LogP contribution in [-0.2, 0) is 6.30 Å². The predicted octanol–water partition coefficient (Wildman–Crippen LogP) is -0.0504. The van der Waals surface area contributed by atoms with Crippen LogP contribution in [-0.4, -0.2) is 20.2 Å². The minimum atomic E-state index is -4.55. The van der Waals surface area contributed by atoms with Gasteiger partial charge in [-0.1, -0.05) is 10.4 Å². The lowest BCUT2D eigenvalue weighted by Crippen LogP contribution is -2.17. The van der Waals surface area contributed by atoms with Crippen molar-refractivity contribution in [2.45, 2.75) is 6.30 Å². The summed E-state index contributed by atoms with van der Waals surface area (Å²) in [6.07, 6.45) is -3.06. The second-order valence-corrected chi connectivity index (χ2v) is 1.16. The van der Waals surface area contributed by atoms with E-state index in [9.17, 15) is 13.2 Å². The third-order valence-corrected chi connectivity index (χ3v) is 0.554. The second-order valence-electron chi connectivity index (χ2n) is 1.16. The number of aromatic nitrogens is 4. The van der Waals surface area contributed by atoms with Crippen LogP contribution in [0.4, 0.5) is 13.2 Å². The molecule has 0 amide bonds. The molecule has 50 valence electrons. The third kappa shape index (κ3) is 1.15. The summed E-state index contributed by atoms with van der Waals surface area (Å²) in [6, 6.07) is 0. The zero-order chi connectivity index (χ0) is 6.91. The van der Waals surface area contributed by atoms with Gasteiger partial charge in [-0.3, -0.25) is 0 Å². The third-order valence-electron chi connectivity index (χ3n) is 0.554. The van der Waals surface area contributed by atoms with Gasteiger partial charge in [0.25, 0.3) is 0 Å². The van der Waals surface area contributed by atoms with E-state index < -0.39 is 11.0 Å². The Morgan fingerprint density at radius 3 is 2.22 bits per heavy atom. The smallest absolute Gasteiger partial charge is 0.331 e. The Bertz CT molecular complexity index is 176. The van der Waals surface area contributed by atoms with Gasteiger partial charge in [0, 0.05) is 0 Å². The summed E-state index contributed by atoms with van der Waals surface area (Å²) in [5.74, 6) is 0. The maximum absolute atomic E-state index is 11.4. The normalized spacial score (nSPS) is 11.9. The zero-order valence-electron chi connectivity index (χ0n) is 3.92. The molecule has 7 heteroatoms. The average Bonchev–Trinajstić information content (AvgIpc) is 2.08. The molecule has 1 heterocycles. The fraction of sp³-hybridized carbons (Fsp3) is 0.500. The topological polar surface area (TPSA) is 43.6 Å². The van der Waals surface area contributed by atoms with Gasteiger partial charge in [0.1, 0.15) is 0 Å². The fourth-order valence-corrected chi connectivity index (χ4v) is 0.250. The van der Waals surface area contributed by atoms with E-state index in [0.29, 0.717) is 0 Å². The number of hydrogen-bond donors (Lipinski definition) is 0. The van der Waals surface area contributed by atoms with Crippen molar-refractivity contribution in [1.29, 1.82) is 0 Å². The lowest BCUT2D eigenvalue weighted by atomic mass is 11.1. The molecule has 0 fully saturated rings. The molecule has 0 radical (unpaired) electrons. The Kier molecular flexibility index (Phi) is 1.11. The van der Waals surface area contributed by atoms with E-state index in [4.69, 9.17) is 0 Å². The SMILES string of the molecule is FC(F)(F)n1[c-]nnn1. The number of hydrogen-bond acceptors (Lipinski definition) is 3. The summed E-state index contributed by atoms with van der Waals surface area (Å²) in [7, 11) is 0. The minimum absolute atomic E-state index is 0.410. The van der Waals surface area contributed by atoms with Crippen LogP contribution < -0.4 is 0 Å². The van der Waals surface area contributed by atoms with E-state index in [1.165, 1.54) is 6.33 Å². The van der Waals surface area contributed by atoms with Gasteiger partial charge in [-0.15, -0.1) is 0 Å². The van der Waals surface area contributed by atoms with E-state index in [0.717, 1.165) is 0 Å². The molecule has 0 atom stereocenters. The number of halogens is 3. The van der Waals surface area contributed by atoms with E-state index in [1.54, 1.807) is 0 Å². The van der Waals surface area contributed by atoms with Crippen molar-refractivity contribution >= 4 is 0 Å².